The highest BCUT2D eigenvalue weighted by Gasteiger charge is 2.20. The predicted molar refractivity (Wildman–Crippen MR) is 77.6 cm³/mol. The zero-order valence-corrected chi connectivity index (χ0v) is 12.1. The Labute approximate surface area is 119 Å². The summed E-state index contributed by atoms with van der Waals surface area (Å²) in [6.45, 7) is 5.30. The fourth-order valence-corrected chi connectivity index (χ4v) is 2.64. The summed E-state index contributed by atoms with van der Waals surface area (Å²) in [6.07, 6.45) is 4.29. The maximum Gasteiger partial charge on any atom is 0.243 e. The van der Waals surface area contributed by atoms with Crippen LogP contribution in [0.4, 0.5) is 0 Å². The van der Waals surface area contributed by atoms with Crippen LogP contribution in [-0.4, -0.2) is 16.7 Å². The van der Waals surface area contributed by atoms with E-state index in [1.165, 1.54) is 29.5 Å². The Morgan fingerprint density at radius 1 is 1.25 bits per heavy atom. The van der Waals surface area contributed by atoms with Crippen molar-refractivity contribution in [1.29, 1.82) is 0 Å². The number of benzene rings is 1. The number of piperidine rings is 1. The highest BCUT2D eigenvalue weighted by molar-refractivity contribution is 5.31. The molecule has 4 nitrogen and oxygen atoms in total. The average molecular weight is 271 g/mol. The third-order valence-corrected chi connectivity index (χ3v) is 4.03. The van der Waals surface area contributed by atoms with Crippen molar-refractivity contribution in [1.82, 2.24) is 15.5 Å². The van der Waals surface area contributed by atoms with Crippen molar-refractivity contribution in [2.75, 3.05) is 6.54 Å². The lowest BCUT2D eigenvalue weighted by Gasteiger charge is -2.19. The molecule has 1 fully saturated rings. The van der Waals surface area contributed by atoms with Gasteiger partial charge < -0.3 is 9.84 Å². The molecule has 3 rings (SSSR count). The van der Waals surface area contributed by atoms with Crippen LogP contribution in [0.1, 0.15) is 53.7 Å². The summed E-state index contributed by atoms with van der Waals surface area (Å²) in [5.74, 6) is 1.51. The second-order valence-corrected chi connectivity index (χ2v) is 5.65. The molecule has 1 saturated heterocycles. The molecular formula is C16H21N3O. The first-order chi connectivity index (χ1) is 9.72. The number of aryl methyl sites for hydroxylation is 2. The van der Waals surface area contributed by atoms with Gasteiger partial charge >= 0.3 is 0 Å². The third-order valence-electron chi connectivity index (χ3n) is 4.03. The van der Waals surface area contributed by atoms with E-state index < -0.39 is 0 Å². The van der Waals surface area contributed by atoms with E-state index in [1.807, 2.05) is 0 Å². The molecule has 2 aromatic rings. The quantitative estimate of drug-likeness (QED) is 0.932. The lowest BCUT2D eigenvalue weighted by atomic mass is 10.0. The first-order valence-electron chi connectivity index (χ1n) is 7.34. The maximum atomic E-state index is 5.41. The fourth-order valence-electron chi connectivity index (χ4n) is 2.64. The Morgan fingerprint density at radius 2 is 2.15 bits per heavy atom. The van der Waals surface area contributed by atoms with Crippen LogP contribution < -0.4 is 5.32 Å². The minimum absolute atomic E-state index is 0.241. The molecule has 0 spiro atoms. The zero-order valence-electron chi connectivity index (χ0n) is 12.1. The van der Waals surface area contributed by atoms with Gasteiger partial charge in [0.1, 0.15) is 0 Å². The Balaban J connectivity index is 1.71. The van der Waals surface area contributed by atoms with E-state index in [0.29, 0.717) is 0 Å². The second-order valence-electron chi connectivity index (χ2n) is 5.65. The summed E-state index contributed by atoms with van der Waals surface area (Å²) in [4.78, 5) is 4.54. The lowest BCUT2D eigenvalue weighted by Crippen LogP contribution is -2.27. The van der Waals surface area contributed by atoms with Gasteiger partial charge in [0.05, 0.1) is 6.04 Å². The average Bonchev–Trinajstić information content (AvgIpc) is 2.92. The fraction of sp³-hybridized carbons (Fsp3) is 0.500. The number of hydrogen-bond donors (Lipinski definition) is 1. The highest BCUT2D eigenvalue weighted by atomic mass is 16.5. The molecule has 0 saturated carbocycles. The monoisotopic (exact) mass is 271 g/mol. The Morgan fingerprint density at radius 3 is 2.90 bits per heavy atom. The van der Waals surface area contributed by atoms with Crippen molar-refractivity contribution in [3.05, 3.63) is 46.6 Å². The van der Waals surface area contributed by atoms with Gasteiger partial charge in [-0.2, -0.15) is 4.98 Å². The van der Waals surface area contributed by atoms with Crippen LogP contribution >= 0.6 is 0 Å². The third kappa shape index (κ3) is 2.90. The topological polar surface area (TPSA) is 51.0 Å². The predicted octanol–water partition coefficient (Wildman–Crippen LogP) is 3.09. The number of aromatic nitrogens is 2. The Hall–Kier alpha value is -1.68. The molecule has 1 unspecified atom stereocenters. The number of rotatable bonds is 3. The summed E-state index contributed by atoms with van der Waals surface area (Å²) in [5, 5.41) is 7.55. The van der Waals surface area contributed by atoms with E-state index in [9.17, 15) is 0 Å². The van der Waals surface area contributed by atoms with Gasteiger partial charge in [0, 0.05) is 6.42 Å². The molecule has 1 aliphatic rings. The zero-order chi connectivity index (χ0) is 13.9. The number of nitrogens with zero attached hydrogens (tertiary/aromatic N) is 2. The number of nitrogens with one attached hydrogen (secondary N) is 1. The molecule has 1 N–H and O–H groups in total. The Bertz CT molecular complexity index is 585. The molecule has 2 heterocycles. The summed E-state index contributed by atoms with van der Waals surface area (Å²) in [7, 11) is 0. The smallest absolute Gasteiger partial charge is 0.243 e. The molecule has 1 aliphatic heterocycles. The molecule has 1 aromatic heterocycles. The van der Waals surface area contributed by atoms with Crippen LogP contribution in [0.15, 0.2) is 22.7 Å². The van der Waals surface area contributed by atoms with E-state index >= 15 is 0 Å². The van der Waals surface area contributed by atoms with Gasteiger partial charge in [-0.15, -0.1) is 0 Å². The van der Waals surface area contributed by atoms with Gasteiger partial charge in [0.25, 0.3) is 0 Å². The minimum atomic E-state index is 0.241. The normalized spacial score (nSPS) is 19.2. The lowest BCUT2D eigenvalue weighted by molar-refractivity contribution is 0.296. The van der Waals surface area contributed by atoms with E-state index in [4.69, 9.17) is 4.52 Å². The van der Waals surface area contributed by atoms with Crippen molar-refractivity contribution in [2.24, 2.45) is 0 Å². The van der Waals surface area contributed by atoms with Gasteiger partial charge in [0.15, 0.2) is 5.82 Å². The van der Waals surface area contributed by atoms with Gasteiger partial charge in [0.2, 0.25) is 5.89 Å². The molecule has 1 atom stereocenters. The van der Waals surface area contributed by atoms with Crippen LogP contribution in [0.25, 0.3) is 0 Å². The second kappa shape index (κ2) is 5.75. The van der Waals surface area contributed by atoms with E-state index in [2.05, 4.69) is 47.5 Å². The van der Waals surface area contributed by atoms with Crippen molar-refractivity contribution in [2.45, 2.75) is 45.6 Å². The van der Waals surface area contributed by atoms with Crippen molar-refractivity contribution in [3.8, 4) is 0 Å². The van der Waals surface area contributed by atoms with Gasteiger partial charge in [-0.05, 0) is 49.9 Å². The first-order valence-corrected chi connectivity index (χ1v) is 7.34. The molecule has 106 valence electrons. The molecule has 0 aliphatic carbocycles. The van der Waals surface area contributed by atoms with E-state index in [1.54, 1.807) is 0 Å². The van der Waals surface area contributed by atoms with Crippen LogP contribution in [-0.2, 0) is 6.42 Å². The van der Waals surface area contributed by atoms with Gasteiger partial charge in [-0.1, -0.05) is 29.8 Å². The SMILES string of the molecule is Cc1ccc(Cc2noc(C3CCCCN3)n2)cc1C. The molecule has 20 heavy (non-hydrogen) atoms. The highest BCUT2D eigenvalue weighted by Crippen LogP contribution is 2.22. The molecule has 0 radical (unpaired) electrons. The van der Waals surface area contributed by atoms with Crippen molar-refractivity contribution >= 4 is 0 Å². The summed E-state index contributed by atoms with van der Waals surface area (Å²) < 4.78 is 5.41. The van der Waals surface area contributed by atoms with Crippen LogP contribution in [0, 0.1) is 13.8 Å². The summed E-state index contributed by atoms with van der Waals surface area (Å²) in [6, 6.07) is 6.72. The maximum absolute atomic E-state index is 5.41. The largest absolute Gasteiger partial charge is 0.338 e. The molecule has 0 bridgehead atoms. The van der Waals surface area contributed by atoms with Crippen LogP contribution in [0.3, 0.4) is 0 Å². The molecule has 0 amide bonds. The standard InChI is InChI=1S/C16H21N3O/c1-11-6-7-13(9-12(11)2)10-15-18-16(20-19-15)14-5-3-4-8-17-14/h6-7,9,14,17H,3-5,8,10H2,1-2H3. The minimum Gasteiger partial charge on any atom is -0.338 e. The van der Waals surface area contributed by atoms with Crippen LogP contribution in [0.2, 0.25) is 0 Å². The molecule has 1 aromatic carbocycles. The summed E-state index contributed by atoms with van der Waals surface area (Å²) in [5.41, 5.74) is 3.85. The van der Waals surface area contributed by atoms with E-state index in [0.717, 1.165) is 31.1 Å². The van der Waals surface area contributed by atoms with E-state index in [-0.39, 0.29) is 6.04 Å². The van der Waals surface area contributed by atoms with Crippen molar-refractivity contribution < 1.29 is 4.52 Å². The van der Waals surface area contributed by atoms with Gasteiger partial charge in [-0.25, -0.2) is 0 Å². The van der Waals surface area contributed by atoms with Gasteiger partial charge in [-0.3, -0.25) is 0 Å². The van der Waals surface area contributed by atoms with Crippen molar-refractivity contribution in [3.63, 3.8) is 0 Å². The first kappa shape index (κ1) is 13.3. The Kier molecular flexibility index (Phi) is 3.83. The van der Waals surface area contributed by atoms with Crippen LogP contribution in [0.5, 0.6) is 0 Å². The number of hydrogen-bond acceptors (Lipinski definition) is 4. The molecular weight excluding hydrogens is 250 g/mol. The summed E-state index contributed by atoms with van der Waals surface area (Å²) >= 11 is 0. The molecule has 4 heteroatoms.